The summed E-state index contributed by atoms with van der Waals surface area (Å²) in [6, 6.07) is 11.5. The van der Waals surface area contributed by atoms with E-state index in [4.69, 9.17) is 4.74 Å². The molecular formula is C22H32N4O2. The van der Waals surface area contributed by atoms with E-state index in [9.17, 15) is 4.79 Å². The molecule has 1 aromatic heterocycles. The van der Waals surface area contributed by atoms with Crippen molar-refractivity contribution in [1.29, 1.82) is 0 Å². The predicted octanol–water partition coefficient (Wildman–Crippen LogP) is 3.01. The van der Waals surface area contributed by atoms with Crippen molar-refractivity contribution in [2.75, 3.05) is 20.2 Å². The number of methoxy groups -OCH3 is 1. The molecular weight excluding hydrogens is 352 g/mol. The lowest BCUT2D eigenvalue weighted by Crippen LogP contribution is -2.37. The van der Waals surface area contributed by atoms with Crippen molar-refractivity contribution in [1.82, 2.24) is 15.2 Å². The maximum absolute atomic E-state index is 11.9. The summed E-state index contributed by atoms with van der Waals surface area (Å²) < 4.78 is 7.28. The SMILES string of the molecule is CCNC(=NCc1ccc(C)cc1OC)NCCCCn1c(C)cccc1=O. The predicted molar refractivity (Wildman–Crippen MR) is 115 cm³/mol. The average molecular weight is 385 g/mol. The maximum atomic E-state index is 11.9. The van der Waals surface area contributed by atoms with Gasteiger partial charge in [-0.25, -0.2) is 4.99 Å². The van der Waals surface area contributed by atoms with Gasteiger partial charge in [0.1, 0.15) is 5.75 Å². The second-order valence-electron chi connectivity index (χ2n) is 6.80. The van der Waals surface area contributed by atoms with Crippen LogP contribution in [0.2, 0.25) is 0 Å². The van der Waals surface area contributed by atoms with Gasteiger partial charge in [0.05, 0.1) is 13.7 Å². The number of nitrogens with zero attached hydrogens (tertiary/aromatic N) is 2. The fourth-order valence-electron chi connectivity index (χ4n) is 3.00. The zero-order chi connectivity index (χ0) is 20.4. The van der Waals surface area contributed by atoms with E-state index in [0.29, 0.717) is 6.54 Å². The van der Waals surface area contributed by atoms with Gasteiger partial charge in [-0.1, -0.05) is 18.2 Å². The van der Waals surface area contributed by atoms with Crippen molar-refractivity contribution in [3.63, 3.8) is 0 Å². The number of hydrogen-bond acceptors (Lipinski definition) is 3. The van der Waals surface area contributed by atoms with Crippen molar-refractivity contribution in [2.45, 2.75) is 46.7 Å². The largest absolute Gasteiger partial charge is 0.496 e. The smallest absolute Gasteiger partial charge is 0.250 e. The third-order valence-electron chi connectivity index (χ3n) is 4.56. The number of aliphatic imine (C=N–C) groups is 1. The summed E-state index contributed by atoms with van der Waals surface area (Å²) in [6.07, 6.45) is 1.89. The molecule has 2 rings (SSSR count). The van der Waals surface area contributed by atoms with Crippen molar-refractivity contribution < 1.29 is 4.74 Å². The molecule has 0 unspecified atom stereocenters. The summed E-state index contributed by atoms with van der Waals surface area (Å²) in [5, 5.41) is 6.64. The van der Waals surface area contributed by atoms with Crippen LogP contribution in [0.15, 0.2) is 46.2 Å². The third kappa shape index (κ3) is 6.44. The summed E-state index contributed by atoms with van der Waals surface area (Å²) >= 11 is 0. The molecule has 2 N–H and O–H groups in total. The molecule has 1 aromatic carbocycles. The first-order valence-corrected chi connectivity index (χ1v) is 9.87. The van der Waals surface area contributed by atoms with Crippen molar-refractivity contribution in [2.24, 2.45) is 4.99 Å². The molecule has 0 atom stereocenters. The van der Waals surface area contributed by atoms with Crippen LogP contribution in [-0.4, -0.2) is 30.7 Å². The van der Waals surface area contributed by atoms with Gasteiger partial charge < -0.3 is 19.9 Å². The summed E-state index contributed by atoms with van der Waals surface area (Å²) in [6.45, 7) is 8.96. The molecule has 2 aromatic rings. The normalized spacial score (nSPS) is 11.4. The number of aryl methyl sites for hydroxylation is 2. The Kier molecular flexibility index (Phi) is 8.59. The van der Waals surface area contributed by atoms with Gasteiger partial charge in [0.25, 0.3) is 5.56 Å². The number of rotatable bonds is 9. The van der Waals surface area contributed by atoms with Gasteiger partial charge in [0, 0.05) is 37.0 Å². The van der Waals surface area contributed by atoms with Crippen molar-refractivity contribution in [3.05, 3.63) is 63.6 Å². The minimum absolute atomic E-state index is 0.0647. The number of hydrogen-bond donors (Lipinski definition) is 2. The molecule has 0 saturated heterocycles. The van der Waals surface area contributed by atoms with E-state index in [1.54, 1.807) is 19.2 Å². The summed E-state index contributed by atoms with van der Waals surface area (Å²) in [5.41, 5.74) is 3.30. The van der Waals surface area contributed by atoms with Gasteiger partial charge in [0.15, 0.2) is 5.96 Å². The molecule has 0 aliphatic heterocycles. The molecule has 0 saturated carbocycles. The number of benzene rings is 1. The second kappa shape index (κ2) is 11.2. The quantitative estimate of drug-likeness (QED) is 0.396. The van der Waals surface area contributed by atoms with Crippen LogP contribution < -0.4 is 20.9 Å². The molecule has 0 fully saturated rings. The molecule has 28 heavy (non-hydrogen) atoms. The van der Waals surface area contributed by atoms with E-state index in [-0.39, 0.29) is 5.56 Å². The van der Waals surface area contributed by atoms with E-state index in [0.717, 1.165) is 55.4 Å². The second-order valence-corrected chi connectivity index (χ2v) is 6.80. The Bertz CT molecular complexity index is 843. The maximum Gasteiger partial charge on any atom is 0.250 e. The van der Waals surface area contributed by atoms with E-state index in [1.807, 2.05) is 37.5 Å². The number of aromatic nitrogens is 1. The Morgan fingerprint density at radius 2 is 1.96 bits per heavy atom. The van der Waals surface area contributed by atoms with Crippen molar-refractivity contribution in [3.8, 4) is 5.75 Å². The molecule has 152 valence electrons. The standard InChI is InChI=1S/C22H32N4O2/c1-5-23-22(25-16-19-12-11-17(2)15-20(19)28-4)24-13-6-7-14-26-18(3)9-8-10-21(26)27/h8-12,15H,5-7,13-14,16H2,1-4H3,(H2,23,24,25). The first-order chi connectivity index (χ1) is 13.5. The molecule has 0 amide bonds. The molecule has 6 nitrogen and oxygen atoms in total. The molecule has 1 heterocycles. The lowest BCUT2D eigenvalue weighted by atomic mass is 10.1. The summed E-state index contributed by atoms with van der Waals surface area (Å²) in [5.74, 6) is 1.65. The van der Waals surface area contributed by atoms with Crippen LogP contribution in [0.25, 0.3) is 0 Å². The van der Waals surface area contributed by atoms with Crippen LogP contribution in [0, 0.1) is 13.8 Å². The van der Waals surface area contributed by atoms with Crippen LogP contribution in [0.4, 0.5) is 0 Å². The number of ether oxygens (including phenoxy) is 1. The first-order valence-electron chi connectivity index (χ1n) is 9.87. The highest BCUT2D eigenvalue weighted by atomic mass is 16.5. The number of pyridine rings is 1. The monoisotopic (exact) mass is 384 g/mol. The topological polar surface area (TPSA) is 67.7 Å². The summed E-state index contributed by atoms with van der Waals surface area (Å²) in [4.78, 5) is 16.6. The Morgan fingerprint density at radius 1 is 1.14 bits per heavy atom. The van der Waals surface area contributed by atoms with Gasteiger partial charge in [-0.05, 0) is 51.3 Å². The molecule has 6 heteroatoms. The zero-order valence-corrected chi connectivity index (χ0v) is 17.4. The molecule has 0 aliphatic carbocycles. The Morgan fingerprint density at radius 3 is 2.68 bits per heavy atom. The molecule has 0 spiro atoms. The van der Waals surface area contributed by atoms with Crippen LogP contribution in [0.3, 0.4) is 0 Å². The number of unbranched alkanes of at least 4 members (excludes halogenated alkanes) is 1. The molecule has 0 bridgehead atoms. The van der Waals surface area contributed by atoms with Crippen LogP contribution in [0.5, 0.6) is 5.75 Å². The minimum Gasteiger partial charge on any atom is -0.496 e. The van der Waals surface area contributed by atoms with Gasteiger partial charge in [-0.15, -0.1) is 0 Å². The van der Waals surface area contributed by atoms with E-state index >= 15 is 0 Å². The van der Waals surface area contributed by atoms with Gasteiger partial charge in [0.2, 0.25) is 0 Å². The molecule has 0 aliphatic rings. The third-order valence-corrected chi connectivity index (χ3v) is 4.56. The number of nitrogens with one attached hydrogen (secondary N) is 2. The Balaban J connectivity index is 1.85. The molecule has 0 radical (unpaired) electrons. The Labute approximate surface area is 167 Å². The average Bonchev–Trinajstić information content (AvgIpc) is 2.68. The highest BCUT2D eigenvalue weighted by molar-refractivity contribution is 5.79. The lowest BCUT2D eigenvalue weighted by molar-refractivity contribution is 0.409. The van der Waals surface area contributed by atoms with E-state index in [1.165, 1.54) is 5.56 Å². The first kappa shape index (κ1) is 21.5. The minimum atomic E-state index is 0.0647. The van der Waals surface area contributed by atoms with Crippen LogP contribution in [0.1, 0.15) is 36.6 Å². The fraction of sp³-hybridized carbons (Fsp3) is 0.455. The fourth-order valence-corrected chi connectivity index (χ4v) is 3.00. The van der Waals surface area contributed by atoms with Crippen molar-refractivity contribution >= 4 is 5.96 Å². The highest BCUT2D eigenvalue weighted by Crippen LogP contribution is 2.20. The van der Waals surface area contributed by atoms with Gasteiger partial charge >= 0.3 is 0 Å². The Hall–Kier alpha value is -2.76. The van der Waals surface area contributed by atoms with Gasteiger partial charge in [-0.3, -0.25) is 4.79 Å². The van der Waals surface area contributed by atoms with Crippen LogP contribution >= 0.6 is 0 Å². The van der Waals surface area contributed by atoms with Crippen LogP contribution in [-0.2, 0) is 13.1 Å². The van der Waals surface area contributed by atoms with E-state index < -0.39 is 0 Å². The van der Waals surface area contributed by atoms with Gasteiger partial charge in [-0.2, -0.15) is 0 Å². The highest BCUT2D eigenvalue weighted by Gasteiger charge is 2.04. The number of guanidine groups is 1. The lowest BCUT2D eigenvalue weighted by Gasteiger charge is -2.13. The summed E-state index contributed by atoms with van der Waals surface area (Å²) in [7, 11) is 1.69. The van der Waals surface area contributed by atoms with E-state index in [2.05, 4.69) is 27.8 Å². The zero-order valence-electron chi connectivity index (χ0n) is 17.4.